The lowest BCUT2D eigenvalue weighted by atomic mass is 10.4. The number of rotatable bonds is 2. The summed E-state index contributed by atoms with van der Waals surface area (Å²) in [4.78, 5) is 30.7. The van der Waals surface area contributed by atoms with Gasteiger partial charge in [-0.3, -0.25) is 14.6 Å². The van der Waals surface area contributed by atoms with Crippen LogP contribution in [0.3, 0.4) is 0 Å². The molecule has 3 N–H and O–H groups in total. The minimum absolute atomic E-state index is 0.0145. The molecule has 1 aromatic heterocycles. The number of carbonyl (C=O) groups excluding carboxylic acids is 1. The number of carbonyl (C=O) groups is 1. The molecule has 6 nitrogen and oxygen atoms in total. The zero-order valence-corrected chi connectivity index (χ0v) is 8.19. The molecular weight excluding hydrogens is 196 g/mol. The Morgan fingerprint density at radius 2 is 2.13 bits per heavy atom. The molecule has 0 aliphatic carbocycles. The summed E-state index contributed by atoms with van der Waals surface area (Å²) in [5.41, 5.74) is 4.75. The Labute approximate surface area is 86.1 Å². The summed E-state index contributed by atoms with van der Waals surface area (Å²) in [6.45, 7) is 1.70. The first-order chi connectivity index (χ1) is 7.16. The van der Waals surface area contributed by atoms with Gasteiger partial charge >= 0.3 is 0 Å². The lowest BCUT2D eigenvalue weighted by Crippen LogP contribution is -2.26. The van der Waals surface area contributed by atoms with Crippen molar-refractivity contribution in [3.63, 3.8) is 0 Å². The average Bonchev–Trinajstić information content (AvgIpc) is 2.69. The number of H-pyrrole nitrogens is 1. The van der Waals surface area contributed by atoms with E-state index in [1.54, 1.807) is 0 Å². The maximum Gasteiger partial charge on any atom is 0.267 e. The summed E-state index contributed by atoms with van der Waals surface area (Å²) < 4.78 is 0. The van der Waals surface area contributed by atoms with E-state index in [0.29, 0.717) is 5.95 Å². The molecule has 1 aliphatic heterocycles. The fourth-order valence-electron chi connectivity index (χ4n) is 1.65. The van der Waals surface area contributed by atoms with Crippen LogP contribution in [0.5, 0.6) is 0 Å². The van der Waals surface area contributed by atoms with Crippen molar-refractivity contribution < 1.29 is 4.79 Å². The largest absolute Gasteiger partial charge is 0.364 e. The number of hydrogen-bond donors (Lipinski definition) is 2. The fourth-order valence-corrected chi connectivity index (χ4v) is 1.65. The van der Waals surface area contributed by atoms with Crippen LogP contribution < -0.4 is 16.2 Å². The maximum absolute atomic E-state index is 11.2. The van der Waals surface area contributed by atoms with Gasteiger partial charge in [-0.1, -0.05) is 0 Å². The minimum Gasteiger partial charge on any atom is -0.364 e. The third kappa shape index (κ3) is 1.98. The summed E-state index contributed by atoms with van der Waals surface area (Å²) in [5, 5.41) is 0. The number of primary amides is 1. The van der Waals surface area contributed by atoms with Crippen molar-refractivity contribution in [3.05, 3.63) is 22.1 Å². The van der Waals surface area contributed by atoms with Crippen molar-refractivity contribution in [2.75, 3.05) is 18.0 Å². The van der Waals surface area contributed by atoms with E-state index in [9.17, 15) is 9.59 Å². The Balaban J connectivity index is 2.38. The Kier molecular flexibility index (Phi) is 2.40. The lowest BCUT2D eigenvalue weighted by molar-refractivity contribution is 0.0995. The molecule has 6 heteroatoms. The summed E-state index contributed by atoms with van der Waals surface area (Å²) in [6, 6.07) is 1.11. The summed E-state index contributed by atoms with van der Waals surface area (Å²) in [5.74, 6) is -0.240. The molecule has 1 aromatic rings. The molecule has 1 saturated heterocycles. The zero-order chi connectivity index (χ0) is 10.8. The van der Waals surface area contributed by atoms with Crippen molar-refractivity contribution in [3.8, 4) is 0 Å². The number of nitrogens with two attached hydrogens (primary N) is 1. The standard InChI is InChI=1S/C9H12N4O2/c10-8(15)6-5-7(14)12-9(11-6)13-3-1-2-4-13/h5H,1-4H2,(H2,10,15)(H,11,12,14). The van der Waals surface area contributed by atoms with Gasteiger partial charge in [0.25, 0.3) is 11.5 Å². The minimum atomic E-state index is -0.679. The van der Waals surface area contributed by atoms with E-state index in [-0.39, 0.29) is 11.3 Å². The van der Waals surface area contributed by atoms with Gasteiger partial charge in [0.05, 0.1) is 0 Å². The van der Waals surface area contributed by atoms with Crippen LogP contribution in [0.4, 0.5) is 5.95 Å². The molecule has 2 heterocycles. The van der Waals surface area contributed by atoms with Crippen molar-refractivity contribution in [2.24, 2.45) is 5.73 Å². The van der Waals surface area contributed by atoms with E-state index in [1.807, 2.05) is 4.90 Å². The van der Waals surface area contributed by atoms with E-state index in [4.69, 9.17) is 5.73 Å². The van der Waals surface area contributed by atoms with Gasteiger partial charge in [-0.15, -0.1) is 0 Å². The molecule has 0 radical (unpaired) electrons. The summed E-state index contributed by atoms with van der Waals surface area (Å²) in [6.07, 6.45) is 2.15. The maximum atomic E-state index is 11.2. The average molecular weight is 208 g/mol. The fraction of sp³-hybridized carbons (Fsp3) is 0.444. The van der Waals surface area contributed by atoms with E-state index in [0.717, 1.165) is 32.0 Å². The van der Waals surface area contributed by atoms with Crippen LogP contribution in [0.1, 0.15) is 23.3 Å². The van der Waals surface area contributed by atoms with Gasteiger partial charge in [-0.2, -0.15) is 0 Å². The van der Waals surface area contributed by atoms with Gasteiger partial charge in [0, 0.05) is 19.2 Å². The van der Waals surface area contributed by atoms with Crippen LogP contribution in [0, 0.1) is 0 Å². The van der Waals surface area contributed by atoms with Crippen LogP contribution >= 0.6 is 0 Å². The molecule has 80 valence electrons. The predicted octanol–water partition coefficient (Wildman–Crippen LogP) is -0.531. The summed E-state index contributed by atoms with van der Waals surface area (Å²) >= 11 is 0. The molecule has 1 aliphatic rings. The highest BCUT2D eigenvalue weighted by molar-refractivity contribution is 5.90. The van der Waals surface area contributed by atoms with Gasteiger partial charge in [0.1, 0.15) is 5.69 Å². The highest BCUT2D eigenvalue weighted by Crippen LogP contribution is 2.13. The van der Waals surface area contributed by atoms with Crippen LogP contribution in [0.15, 0.2) is 10.9 Å². The monoisotopic (exact) mass is 208 g/mol. The van der Waals surface area contributed by atoms with Crippen LogP contribution in [-0.2, 0) is 0 Å². The Bertz CT molecular complexity index is 434. The van der Waals surface area contributed by atoms with Crippen molar-refractivity contribution in [1.29, 1.82) is 0 Å². The van der Waals surface area contributed by atoms with Gasteiger partial charge in [-0.25, -0.2) is 4.98 Å². The molecule has 1 amide bonds. The SMILES string of the molecule is NC(=O)c1cc(=O)[nH]c(N2CCCC2)n1. The number of aromatic nitrogens is 2. The molecule has 0 saturated carbocycles. The number of nitrogens with one attached hydrogen (secondary N) is 1. The Hall–Kier alpha value is -1.85. The van der Waals surface area contributed by atoms with Gasteiger partial charge in [0.15, 0.2) is 0 Å². The molecule has 1 fully saturated rings. The van der Waals surface area contributed by atoms with Gasteiger partial charge in [0.2, 0.25) is 5.95 Å². The number of hydrogen-bond acceptors (Lipinski definition) is 4. The molecule has 0 spiro atoms. The molecule has 0 bridgehead atoms. The highest BCUT2D eigenvalue weighted by Gasteiger charge is 2.16. The normalized spacial score (nSPS) is 15.6. The molecule has 0 unspecified atom stereocenters. The first-order valence-electron chi connectivity index (χ1n) is 4.83. The predicted molar refractivity (Wildman–Crippen MR) is 54.8 cm³/mol. The topological polar surface area (TPSA) is 92.1 Å². The first-order valence-corrected chi connectivity index (χ1v) is 4.83. The first kappa shape index (κ1) is 9.70. The zero-order valence-electron chi connectivity index (χ0n) is 8.19. The van der Waals surface area contributed by atoms with Gasteiger partial charge < -0.3 is 10.6 Å². The van der Waals surface area contributed by atoms with Crippen molar-refractivity contribution >= 4 is 11.9 Å². The smallest absolute Gasteiger partial charge is 0.267 e. The Morgan fingerprint density at radius 1 is 1.47 bits per heavy atom. The van der Waals surface area contributed by atoms with E-state index in [1.165, 1.54) is 0 Å². The van der Waals surface area contributed by atoms with E-state index < -0.39 is 5.91 Å². The van der Waals surface area contributed by atoms with Gasteiger partial charge in [-0.05, 0) is 12.8 Å². The Morgan fingerprint density at radius 3 is 2.73 bits per heavy atom. The lowest BCUT2D eigenvalue weighted by Gasteiger charge is -2.15. The summed E-state index contributed by atoms with van der Waals surface area (Å²) in [7, 11) is 0. The molecule has 0 aromatic carbocycles. The van der Waals surface area contributed by atoms with E-state index in [2.05, 4.69) is 9.97 Å². The number of aromatic amines is 1. The quantitative estimate of drug-likeness (QED) is 0.683. The number of amides is 1. The highest BCUT2D eigenvalue weighted by atomic mass is 16.1. The van der Waals surface area contributed by atoms with Crippen LogP contribution in [0.2, 0.25) is 0 Å². The number of nitrogens with zero attached hydrogens (tertiary/aromatic N) is 2. The molecular formula is C9H12N4O2. The van der Waals surface area contributed by atoms with Crippen molar-refractivity contribution in [1.82, 2.24) is 9.97 Å². The molecule has 0 atom stereocenters. The van der Waals surface area contributed by atoms with E-state index >= 15 is 0 Å². The second kappa shape index (κ2) is 3.72. The number of anilines is 1. The third-order valence-electron chi connectivity index (χ3n) is 2.39. The second-order valence-corrected chi connectivity index (χ2v) is 3.51. The second-order valence-electron chi connectivity index (χ2n) is 3.51. The van der Waals surface area contributed by atoms with Crippen molar-refractivity contribution in [2.45, 2.75) is 12.8 Å². The third-order valence-corrected chi connectivity index (χ3v) is 2.39. The molecule has 15 heavy (non-hydrogen) atoms. The van der Waals surface area contributed by atoms with Crippen LogP contribution in [0.25, 0.3) is 0 Å². The van der Waals surface area contributed by atoms with Crippen LogP contribution in [-0.4, -0.2) is 29.0 Å². The molecule has 2 rings (SSSR count).